The zero-order valence-electron chi connectivity index (χ0n) is 9.24. The fourth-order valence-electron chi connectivity index (χ4n) is 0.923. The van der Waals surface area contributed by atoms with E-state index in [1.807, 2.05) is 0 Å². The third-order valence-corrected chi connectivity index (χ3v) is 2.00. The summed E-state index contributed by atoms with van der Waals surface area (Å²) in [4.78, 5) is 22.1. The molecule has 0 rings (SSSR count). The van der Waals surface area contributed by atoms with E-state index in [4.69, 9.17) is 15.6 Å². The maximum Gasteiger partial charge on any atom is 0.328 e. The molecule has 0 bridgehead atoms. The van der Waals surface area contributed by atoms with E-state index in [1.165, 1.54) is 21.0 Å². The Hall–Kier alpha value is -1.14. The second-order valence-corrected chi connectivity index (χ2v) is 3.78. The minimum absolute atomic E-state index is 0.0592. The van der Waals surface area contributed by atoms with E-state index >= 15 is 0 Å². The molecular formula is C9H18N2O4. The Morgan fingerprint density at radius 2 is 2.07 bits per heavy atom. The lowest BCUT2D eigenvalue weighted by Gasteiger charge is -2.22. The molecule has 4 N–H and O–H groups in total. The summed E-state index contributed by atoms with van der Waals surface area (Å²) in [5.41, 5.74) is 4.06. The van der Waals surface area contributed by atoms with Gasteiger partial charge in [-0.1, -0.05) is 0 Å². The number of hydrogen-bond donors (Lipinski definition) is 3. The largest absolute Gasteiger partial charge is 0.480 e. The normalized spacial score (nSPS) is 13.3. The zero-order valence-corrected chi connectivity index (χ0v) is 9.24. The van der Waals surface area contributed by atoms with Crippen LogP contribution in [0.5, 0.6) is 0 Å². The van der Waals surface area contributed by atoms with E-state index in [0.717, 1.165) is 0 Å². The first-order valence-corrected chi connectivity index (χ1v) is 4.60. The summed E-state index contributed by atoms with van der Waals surface area (Å²) >= 11 is 0. The van der Waals surface area contributed by atoms with Crippen LogP contribution in [0.1, 0.15) is 20.3 Å². The molecule has 0 aliphatic carbocycles. The Morgan fingerprint density at radius 1 is 1.53 bits per heavy atom. The van der Waals surface area contributed by atoms with Gasteiger partial charge >= 0.3 is 5.97 Å². The van der Waals surface area contributed by atoms with Crippen LogP contribution >= 0.6 is 0 Å². The first kappa shape index (κ1) is 13.9. The number of carboxylic acid groups (broad SMARTS) is 1. The fourth-order valence-corrected chi connectivity index (χ4v) is 0.923. The van der Waals surface area contributed by atoms with E-state index in [9.17, 15) is 9.59 Å². The van der Waals surface area contributed by atoms with Gasteiger partial charge in [0.05, 0.1) is 12.5 Å². The van der Waals surface area contributed by atoms with Crippen molar-refractivity contribution in [3.63, 3.8) is 0 Å². The highest BCUT2D eigenvalue weighted by Gasteiger charge is 2.29. The summed E-state index contributed by atoms with van der Waals surface area (Å²) in [6.45, 7) is 3.05. The van der Waals surface area contributed by atoms with Crippen molar-refractivity contribution in [2.75, 3.05) is 13.7 Å². The van der Waals surface area contributed by atoms with Crippen molar-refractivity contribution < 1.29 is 19.4 Å². The number of aliphatic carboxylic acids is 1. The number of methoxy groups -OCH3 is 1. The van der Waals surface area contributed by atoms with Crippen LogP contribution in [-0.4, -0.2) is 42.3 Å². The minimum Gasteiger partial charge on any atom is -0.480 e. The first-order chi connectivity index (χ1) is 6.83. The Kier molecular flexibility index (Phi) is 5.24. The molecule has 15 heavy (non-hydrogen) atoms. The van der Waals surface area contributed by atoms with Gasteiger partial charge in [0.1, 0.15) is 5.54 Å². The molecule has 0 radical (unpaired) electrons. The number of ether oxygens (including phenoxy) is 1. The molecule has 6 heteroatoms. The molecule has 0 fully saturated rings. The minimum atomic E-state index is -1.27. The van der Waals surface area contributed by atoms with Gasteiger partial charge < -0.3 is 20.9 Å². The van der Waals surface area contributed by atoms with Crippen LogP contribution in [0.2, 0.25) is 0 Å². The molecule has 1 amide bonds. The van der Waals surface area contributed by atoms with Gasteiger partial charge in [-0.2, -0.15) is 0 Å². The van der Waals surface area contributed by atoms with Crippen molar-refractivity contribution in [2.24, 2.45) is 5.73 Å². The average molecular weight is 218 g/mol. The van der Waals surface area contributed by atoms with Gasteiger partial charge in [-0.25, -0.2) is 4.79 Å². The predicted molar refractivity (Wildman–Crippen MR) is 54.3 cm³/mol. The van der Waals surface area contributed by atoms with E-state index in [2.05, 4.69) is 5.32 Å². The van der Waals surface area contributed by atoms with E-state index < -0.39 is 11.5 Å². The van der Waals surface area contributed by atoms with Crippen molar-refractivity contribution in [1.82, 2.24) is 5.32 Å². The van der Waals surface area contributed by atoms with Gasteiger partial charge in [-0.3, -0.25) is 4.79 Å². The van der Waals surface area contributed by atoms with E-state index in [-0.39, 0.29) is 25.0 Å². The van der Waals surface area contributed by atoms with Crippen LogP contribution < -0.4 is 11.1 Å². The molecule has 0 aromatic heterocycles. The number of carboxylic acids is 1. The average Bonchev–Trinajstić information content (AvgIpc) is 2.13. The monoisotopic (exact) mass is 218 g/mol. The highest BCUT2D eigenvalue weighted by Crippen LogP contribution is 2.04. The van der Waals surface area contributed by atoms with Crippen LogP contribution in [0, 0.1) is 0 Å². The zero-order chi connectivity index (χ0) is 12.1. The molecule has 0 aromatic carbocycles. The van der Waals surface area contributed by atoms with Gasteiger partial charge in [-0.15, -0.1) is 0 Å². The summed E-state index contributed by atoms with van der Waals surface area (Å²) in [6.07, 6.45) is -0.321. The lowest BCUT2D eigenvalue weighted by Crippen LogP contribution is -2.50. The molecule has 6 nitrogen and oxygen atoms in total. The van der Waals surface area contributed by atoms with Crippen LogP contribution in [0.3, 0.4) is 0 Å². The number of carbonyl (C=O) groups is 2. The first-order valence-electron chi connectivity index (χ1n) is 4.60. The highest BCUT2D eigenvalue weighted by atomic mass is 16.5. The van der Waals surface area contributed by atoms with Gasteiger partial charge in [0.2, 0.25) is 5.91 Å². The smallest absolute Gasteiger partial charge is 0.328 e. The number of nitrogens with one attached hydrogen (secondary N) is 1. The van der Waals surface area contributed by atoms with Crippen molar-refractivity contribution >= 4 is 11.9 Å². The maximum absolute atomic E-state index is 11.4. The maximum atomic E-state index is 11.4. The van der Waals surface area contributed by atoms with Crippen LogP contribution in [0.15, 0.2) is 0 Å². The molecule has 0 aliphatic rings. The Morgan fingerprint density at radius 3 is 2.40 bits per heavy atom. The third-order valence-electron chi connectivity index (χ3n) is 2.00. The van der Waals surface area contributed by atoms with Crippen molar-refractivity contribution in [2.45, 2.75) is 31.9 Å². The molecule has 1 atom stereocenters. The van der Waals surface area contributed by atoms with E-state index in [0.29, 0.717) is 0 Å². The lowest BCUT2D eigenvalue weighted by molar-refractivity contribution is -0.146. The molecule has 0 spiro atoms. The third kappa shape index (κ3) is 4.75. The predicted octanol–water partition coefficient (Wildman–Crippen LogP) is -0.670. The molecule has 88 valence electrons. The van der Waals surface area contributed by atoms with Gasteiger partial charge in [0.25, 0.3) is 0 Å². The second-order valence-electron chi connectivity index (χ2n) is 3.78. The molecule has 0 heterocycles. The summed E-state index contributed by atoms with van der Waals surface area (Å²) in [7, 11) is 1.45. The Bertz CT molecular complexity index is 236. The van der Waals surface area contributed by atoms with Crippen molar-refractivity contribution in [3.8, 4) is 0 Å². The van der Waals surface area contributed by atoms with Crippen molar-refractivity contribution in [1.29, 1.82) is 0 Å². The van der Waals surface area contributed by atoms with Crippen molar-refractivity contribution in [3.05, 3.63) is 0 Å². The highest BCUT2D eigenvalue weighted by molar-refractivity contribution is 5.86. The lowest BCUT2D eigenvalue weighted by atomic mass is 10.1. The molecule has 1 unspecified atom stereocenters. The Balaban J connectivity index is 4.20. The number of nitrogens with two attached hydrogens (primary N) is 1. The summed E-state index contributed by atoms with van der Waals surface area (Å²) in [5, 5.41) is 11.1. The van der Waals surface area contributed by atoms with Crippen LogP contribution in [-0.2, 0) is 14.3 Å². The SMILES string of the molecule is COC(CN)CC(=O)NC(C)(C)C(=O)O. The van der Waals surface area contributed by atoms with Gasteiger partial charge in [0, 0.05) is 13.7 Å². The number of hydrogen-bond acceptors (Lipinski definition) is 4. The molecule has 0 saturated carbocycles. The topological polar surface area (TPSA) is 102 Å². The van der Waals surface area contributed by atoms with Gasteiger partial charge in [0.15, 0.2) is 0 Å². The van der Waals surface area contributed by atoms with E-state index in [1.54, 1.807) is 0 Å². The molecular weight excluding hydrogens is 200 g/mol. The van der Waals surface area contributed by atoms with Gasteiger partial charge in [-0.05, 0) is 13.8 Å². The Labute approximate surface area is 88.8 Å². The van der Waals surface area contributed by atoms with Crippen LogP contribution in [0.4, 0.5) is 0 Å². The second kappa shape index (κ2) is 5.67. The fraction of sp³-hybridized carbons (Fsp3) is 0.778. The standard InChI is InChI=1S/C9H18N2O4/c1-9(2,8(13)14)11-7(12)4-6(5-10)15-3/h6H,4-5,10H2,1-3H3,(H,11,12)(H,13,14). The molecule has 0 aromatic rings. The summed E-state index contributed by atoms with van der Waals surface area (Å²) in [6, 6.07) is 0. The summed E-state index contributed by atoms with van der Waals surface area (Å²) in [5.74, 6) is -1.47. The van der Waals surface area contributed by atoms with Crippen LogP contribution in [0.25, 0.3) is 0 Å². The number of amides is 1. The number of rotatable bonds is 6. The molecule has 0 saturated heterocycles. The quantitative estimate of drug-likeness (QED) is 0.548. The molecule has 0 aliphatic heterocycles. The number of carbonyl (C=O) groups excluding carboxylic acids is 1. The summed E-state index contributed by atoms with van der Waals surface area (Å²) < 4.78 is 4.91.